The highest BCUT2D eigenvalue weighted by atomic mass is 16.2. The zero-order valence-corrected chi connectivity index (χ0v) is 16.1. The van der Waals surface area contributed by atoms with Crippen LogP contribution >= 0.6 is 0 Å². The lowest BCUT2D eigenvalue weighted by atomic mass is 9.70. The van der Waals surface area contributed by atoms with Crippen molar-refractivity contribution in [3.8, 4) is 0 Å². The number of amides is 2. The van der Waals surface area contributed by atoms with E-state index in [1.54, 1.807) is 0 Å². The molecule has 2 amide bonds. The maximum Gasteiger partial charge on any atom is 0.312 e. The van der Waals surface area contributed by atoms with Gasteiger partial charge in [0.2, 0.25) is 0 Å². The molecule has 0 aromatic carbocycles. The highest BCUT2D eigenvalue weighted by Crippen LogP contribution is 2.50. The number of fused-ring (bicyclic) bond motifs is 1. The van der Waals surface area contributed by atoms with E-state index in [9.17, 15) is 9.59 Å². The van der Waals surface area contributed by atoms with Crippen LogP contribution in [0.1, 0.15) is 64.2 Å². The second-order valence-corrected chi connectivity index (χ2v) is 9.30. The van der Waals surface area contributed by atoms with Crippen LogP contribution in [-0.2, 0) is 9.59 Å². The Bertz CT molecular complexity index is 527. The highest BCUT2D eigenvalue weighted by Gasteiger charge is 2.45. The van der Waals surface area contributed by atoms with Crippen molar-refractivity contribution in [2.24, 2.45) is 28.9 Å². The monoisotopic (exact) mass is 361 g/mol. The third kappa shape index (κ3) is 3.28. The second-order valence-electron chi connectivity index (χ2n) is 9.30. The van der Waals surface area contributed by atoms with Crippen molar-refractivity contribution in [1.29, 1.82) is 0 Å². The van der Waals surface area contributed by atoms with Gasteiger partial charge in [-0.2, -0.15) is 0 Å². The van der Waals surface area contributed by atoms with Crippen LogP contribution in [0.25, 0.3) is 0 Å². The Morgan fingerprint density at radius 1 is 0.769 bits per heavy atom. The fraction of sp³-hybridized carbons (Fsp3) is 0.905. The number of nitrogens with two attached hydrogens (primary N) is 1. The van der Waals surface area contributed by atoms with Crippen molar-refractivity contribution in [3.05, 3.63) is 0 Å². The lowest BCUT2D eigenvalue weighted by Gasteiger charge is -2.43. The highest BCUT2D eigenvalue weighted by molar-refractivity contribution is 6.34. The van der Waals surface area contributed by atoms with Gasteiger partial charge in [0.1, 0.15) is 0 Å². The van der Waals surface area contributed by atoms with Crippen molar-refractivity contribution < 1.29 is 9.59 Å². The number of likely N-dealkylation sites (tertiary alicyclic amines) is 2. The lowest BCUT2D eigenvalue weighted by Crippen LogP contribution is -2.51. The zero-order chi connectivity index (χ0) is 18.1. The molecule has 26 heavy (non-hydrogen) atoms. The van der Waals surface area contributed by atoms with Crippen LogP contribution in [0.4, 0.5) is 0 Å². The van der Waals surface area contributed by atoms with Crippen molar-refractivity contribution in [2.45, 2.75) is 64.2 Å². The lowest BCUT2D eigenvalue weighted by molar-refractivity contribution is -0.153. The Morgan fingerprint density at radius 2 is 1.35 bits per heavy atom. The van der Waals surface area contributed by atoms with Crippen molar-refractivity contribution >= 4 is 11.8 Å². The zero-order valence-electron chi connectivity index (χ0n) is 16.1. The molecule has 146 valence electrons. The summed E-state index contributed by atoms with van der Waals surface area (Å²) < 4.78 is 0. The quantitative estimate of drug-likeness (QED) is 0.729. The molecule has 0 bridgehead atoms. The van der Waals surface area contributed by atoms with Crippen LogP contribution in [-0.4, -0.2) is 54.3 Å². The Hall–Kier alpha value is -1.10. The molecule has 4 rings (SSSR count). The van der Waals surface area contributed by atoms with Crippen molar-refractivity contribution in [3.63, 3.8) is 0 Å². The molecule has 2 N–H and O–H groups in total. The van der Waals surface area contributed by atoms with Crippen LogP contribution in [0.3, 0.4) is 0 Å². The first-order valence-corrected chi connectivity index (χ1v) is 10.9. The average molecular weight is 362 g/mol. The van der Waals surface area contributed by atoms with E-state index in [1.165, 1.54) is 38.5 Å². The average Bonchev–Trinajstić information content (AvgIpc) is 3.23. The van der Waals surface area contributed by atoms with Gasteiger partial charge in [-0.3, -0.25) is 9.59 Å². The summed E-state index contributed by atoms with van der Waals surface area (Å²) in [6.07, 6.45) is 12.0. The maximum absolute atomic E-state index is 12.8. The van der Waals surface area contributed by atoms with Gasteiger partial charge in [0, 0.05) is 26.2 Å². The standard InChI is InChI=1S/C21H35N3O2/c22-15-18-5-2-8-21(18)9-13-24(14-10-21)20(26)19(25)23-11-6-16-3-1-4-17(16)7-12-23/h16-18H,1-15,22H2. The molecule has 5 nitrogen and oxygen atoms in total. The van der Waals surface area contributed by atoms with Crippen LogP contribution in [0.5, 0.6) is 0 Å². The van der Waals surface area contributed by atoms with Gasteiger partial charge in [-0.25, -0.2) is 0 Å². The minimum absolute atomic E-state index is 0.247. The summed E-state index contributed by atoms with van der Waals surface area (Å²) in [6, 6.07) is 0. The Morgan fingerprint density at radius 3 is 1.92 bits per heavy atom. The maximum atomic E-state index is 12.8. The first kappa shape index (κ1) is 18.3. The molecular weight excluding hydrogens is 326 g/mol. The SMILES string of the molecule is NCC1CCCC12CCN(C(=O)C(=O)N1CCC3CCCC3CC1)CC2. The molecule has 0 radical (unpaired) electrons. The number of carbonyl (C=O) groups is 2. The molecule has 2 aliphatic carbocycles. The van der Waals surface area contributed by atoms with Gasteiger partial charge in [-0.05, 0) is 68.2 Å². The molecule has 0 aromatic heterocycles. The van der Waals surface area contributed by atoms with E-state index < -0.39 is 0 Å². The number of carbonyl (C=O) groups excluding carboxylic acids is 2. The number of piperidine rings is 1. The van der Waals surface area contributed by atoms with Crippen molar-refractivity contribution in [2.75, 3.05) is 32.7 Å². The van der Waals surface area contributed by atoms with E-state index in [-0.39, 0.29) is 11.8 Å². The third-order valence-corrected chi connectivity index (χ3v) is 8.25. The van der Waals surface area contributed by atoms with E-state index >= 15 is 0 Å². The molecular formula is C21H35N3O2. The molecule has 4 aliphatic rings. The molecule has 5 heteroatoms. The van der Waals surface area contributed by atoms with Crippen LogP contribution in [0.2, 0.25) is 0 Å². The van der Waals surface area contributed by atoms with Gasteiger partial charge in [0.05, 0.1) is 0 Å². The molecule has 2 aliphatic heterocycles. The predicted octanol–water partition coefficient (Wildman–Crippen LogP) is 2.39. The van der Waals surface area contributed by atoms with Gasteiger partial charge >= 0.3 is 11.8 Å². The molecule has 0 aromatic rings. The van der Waals surface area contributed by atoms with Gasteiger partial charge < -0.3 is 15.5 Å². The molecule has 2 saturated heterocycles. The van der Waals surface area contributed by atoms with Gasteiger partial charge in [-0.15, -0.1) is 0 Å². The van der Waals surface area contributed by atoms with Crippen LogP contribution in [0.15, 0.2) is 0 Å². The van der Waals surface area contributed by atoms with Gasteiger partial charge in [0.15, 0.2) is 0 Å². The minimum atomic E-state index is -0.255. The Balaban J connectivity index is 1.32. The van der Waals surface area contributed by atoms with Gasteiger partial charge in [-0.1, -0.05) is 25.7 Å². The van der Waals surface area contributed by atoms with Crippen molar-refractivity contribution in [1.82, 2.24) is 9.80 Å². The molecule has 3 unspecified atom stereocenters. The van der Waals surface area contributed by atoms with Crippen LogP contribution in [0, 0.1) is 23.2 Å². The number of hydrogen-bond donors (Lipinski definition) is 1. The smallest absolute Gasteiger partial charge is 0.312 e. The third-order valence-electron chi connectivity index (χ3n) is 8.25. The van der Waals surface area contributed by atoms with E-state index in [2.05, 4.69) is 0 Å². The van der Waals surface area contributed by atoms with E-state index in [0.29, 0.717) is 11.3 Å². The van der Waals surface area contributed by atoms with E-state index in [4.69, 9.17) is 5.73 Å². The van der Waals surface area contributed by atoms with Gasteiger partial charge in [0.25, 0.3) is 0 Å². The molecule has 2 saturated carbocycles. The molecule has 2 heterocycles. The summed E-state index contributed by atoms with van der Waals surface area (Å²) in [5.41, 5.74) is 6.33. The predicted molar refractivity (Wildman–Crippen MR) is 101 cm³/mol. The fourth-order valence-corrected chi connectivity index (χ4v) is 6.49. The molecule has 1 spiro atoms. The summed E-state index contributed by atoms with van der Waals surface area (Å²) in [5.74, 6) is 1.68. The summed E-state index contributed by atoms with van der Waals surface area (Å²) in [7, 11) is 0. The number of nitrogens with zero attached hydrogens (tertiary/aromatic N) is 2. The normalized spacial score (nSPS) is 34.0. The van der Waals surface area contributed by atoms with Crippen LogP contribution < -0.4 is 5.73 Å². The number of rotatable bonds is 1. The summed E-state index contributed by atoms with van der Waals surface area (Å²) in [6.45, 7) is 3.79. The van der Waals surface area contributed by atoms with E-state index in [0.717, 1.165) is 70.2 Å². The van der Waals surface area contributed by atoms with E-state index in [1.807, 2.05) is 9.80 Å². The summed E-state index contributed by atoms with van der Waals surface area (Å²) in [4.78, 5) is 29.3. The first-order valence-electron chi connectivity index (χ1n) is 10.9. The first-order chi connectivity index (χ1) is 12.6. The minimum Gasteiger partial charge on any atom is -0.334 e. The topological polar surface area (TPSA) is 66.6 Å². The Labute approximate surface area is 157 Å². The molecule has 3 atom stereocenters. The fourth-order valence-electron chi connectivity index (χ4n) is 6.49. The largest absolute Gasteiger partial charge is 0.334 e. The number of hydrogen-bond acceptors (Lipinski definition) is 3. The molecule has 4 fully saturated rings. The Kier molecular flexibility index (Phi) is 5.27. The summed E-state index contributed by atoms with van der Waals surface area (Å²) in [5, 5.41) is 0. The summed E-state index contributed by atoms with van der Waals surface area (Å²) >= 11 is 0. The second kappa shape index (κ2) is 7.49.